The van der Waals surface area contributed by atoms with Crippen LogP contribution in [0.1, 0.15) is 23.9 Å². The third kappa shape index (κ3) is 4.06. The van der Waals surface area contributed by atoms with Gasteiger partial charge in [-0.3, -0.25) is 9.97 Å². The zero-order chi connectivity index (χ0) is 16.1. The van der Waals surface area contributed by atoms with Gasteiger partial charge in [0.1, 0.15) is 0 Å². The summed E-state index contributed by atoms with van der Waals surface area (Å²) in [5, 5.41) is 3.49. The molecule has 2 aromatic rings. The molecule has 0 bridgehead atoms. The second kappa shape index (κ2) is 7.53. The molecule has 23 heavy (non-hydrogen) atoms. The normalized spacial score (nSPS) is 18.2. The molecule has 1 N–H and O–H groups in total. The Kier molecular flexibility index (Phi) is 5.20. The van der Waals surface area contributed by atoms with Crippen LogP contribution < -0.4 is 10.2 Å². The standard InChI is InChI=1S/C18H24N4O/c1-14-13-22(9-10-23-14)18-6-4-3-5-16(18)11-19-12-17-15(2)20-7-8-21-17/h3-8,14,19H,9-13H2,1-2H3. The van der Waals surface area contributed by atoms with Crippen molar-refractivity contribution in [3.05, 3.63) is 53.6 Å². The lowest BCUT2D eigenvalue weighted by atomic mass is 10.1. The van der Waals surface area contributed by atoms with Crippen LogP contribution in [0.4, 0.5) is 5.69 Å². The van der Waals surface area contributed by atoms with Gasteiger partial charge in [-0.05, 0) is 25.5 Å². The van der Waals surface area contributed by atoms with E-state index in [-0.39, 0.29) is 6.10 Å². The fourth-order valence-electron chi connectivity index (χ4n) is 2.93. The predicted molar refractivity (Wildman–Crippen MR) is 91.4 cm³/mol. The highest BCUT2D eigenvalue weighted by Crippen LogP contribution is 2.22. The van der Waals surface area contributed by atoms with Crippen molar-refractivity contribution in [3.63, 3.8) is 0 Å². The molecule has 5 heteroatoms. The highest BCUT2D eigenvalue weighted by Gasteiger charge is 2.18. The number of aryl methyl sites for hydroxylation is 1. The van der Waals surface area contributed by atoms with Crippen molar-refractivity contribution in [3.8, 4) is 0 Å². The van der Waals surface area contributed by atoms with Gasteiger partial charge >= 0.3 is 0 Å². The third-order valence-electron chi connectivity index (χ3n) is 4.16. The first-order valence-electron chi connectivity index (χ1n) is 8.15. The lowest BCUT2D eigenvalue weighted by Gasteiger charge is -2.34. The van der Waals surface area contributed by atoms with E-state index in [0.717, 1.165) is 44.2 Å². The number of nitrogens with zero attached hydrogens (tertiary/aromatic N) is 3. The molecule has 0 aliphatic carbocycles. The third-order valence-corrected chi connectivity index (χ3v) is 4.16. The Hall–Kier alpha value is -1.98. The molecular weight excluding hydrogens is 288 g/mol. The van der Waals surface area contributed by atoms with Crippen LogP contribution in [0.3, 0.4) is 0 Å². The summed E-state index contributed by atoms with van der Waals surface area (Å²) in [7, 11) is 0. The average Bonchev–Trinajstić information content (AvgIpc) is 2.57. The van der Waals surface area contributed by atoms with Gasteiger partial charge in [-0.25, -0.2) is 0 Å². The van der Waals surface area contributed by atoms with Crippen LogP contribution in [0.15, 0.2) is 36.7 Å². The molecule has 1 saturated heterocycles. The minimum Gasteiger partial charge on any atom is -0.375 e. The molecule has 122 valence electrons. The SMILES string of the molecule is Cc1nccnc1CNCc1ccccc1N1CCOC(C)C1. The fraction of sp³-hybridized carbons (Fsp3) is 0.444. The number of nitrogens with one attached hydrogen (secondary N) is 1. The van der Waals surface area contributed by atoms with E-state index in [0.29, 0.717) is 0 Å². The zero-order valence-corrected chi connectivity index (χ0v) is 13.8. The largest absolute Gasteiger partial charge is 0.375 e. The van der Waals surface area contributed by atoms with Crippen LogP contribution in [0.25, 0.3) is 0 Å². The number of anilines is 1. The van der Waals surface area contributed by atoms with Crippen LogP contribution in [0.5, 0.6) is 0 Å². The smallest absolute Gasteiger partial charge is 0.0753 e. The van der Waals surface area contributed by atoms with Crippen molar-refractivity contribution >= 4 is 5.69 Å². The summed E-state index contributed by atoms with van der Waals surface area (Å²) < 4.78 is 5.65. The van der Waals surface area contributed by atoms with Crippen molar-refractivity contribution in [1.82, 2.24) is 15.3 Å². The highest BCUT2D eigenvalue weighted by atomic mass is 16.5. The summed E-state index contributed by atoms with van der Waals surface area (Å²) in [6, 6.07) is 8.58. The summed E-state index contributed by atoms with van der Waals surface area (Å²) in [5.74, 6) is 0. The van der Waals surface area contributed by atoms with E-state index in [9.17, 15) is 0 Å². The number of hydrogen-bond acceptors (Lipinski definition) is 5. The Bertz CT molecular complexity index is 646. The molecule has 1 aliphatic rings. The van der Waals surface area contributed by atoms with E-state index in [1.54, 1.807) is 12.4 Å². The number of ether oxygens (including phenoxy) is 1. The molecule has 3 rings (SSSR count). The number of aromatic nitrogens is 2. The monoisotopic (exact) mass is 312 g/mol. The Morgan fingerprint density at radius 2 is 2.04 bits per heavy atom. The van der Waals surface area contributed by atoms with Crippen molar-refractivity contribution in [2.45, 2.75) is 33.0 Å². The first kappa shape index (κ1) is 15.9. The molecule has 1 atom stereocenters. The van der Waals surface area contributed by atoms with E-state index >= 15 is 0 Å². The Balaban J connectivity index is 1.65. The molecular formula is C18H24N4O. The van der Waals surface area contributed by atoms with Crippen molar-refractivity contribution in [2.24, 2.45) is 0 Å². The van der Waals surface area contributed by atoms with Gasteiger partial charge in [0.25, 0.3) is 0 Å². The molecule has 5 nitrogen and oxygen atoms in total. The highest BCUT2D eigenvalue weighted by molar-refractivity contribution is 5.54. The Morgan fingerprint density at radius 1 is 1.22 bits per heavy atom. The van der Waals surface area contributed by atoms with Crippen LogP contribution in [-0.2, 0) is 17.8 Å². The maximum Gasteiger partial charge on any atom is 0.0753 e. The topological polar surface area (TPSA) is 50.3 Å². The molecule has 2 heterocycles. The zero-order valence-electron chi connectivity index (χ0n) is 13.8. The van der Waals surface area contributed by atoms with E-state index in [4.69, 9.17) is 4.74 Å². The number of para-hydroxylation sites is 1. The van der Waals surface area contributed by atoms with Gasteiger partial charge in [0, 0.05) is 44.3 Å². The molecule has 1 aromatic heterocycles. The van der Waals surface area contributed by atoms with Gasteiger partial charge in [-0.1, -0.05) is 18.2 Å². The van der Waals surface area contributed by atoms with Gasteiger partial charge < -0.3 is 15.0 Å². The van der Waals surface area contributed by atoms with Crippen LogP contribution in [0, 0.1) is 6.92 Å². The lowest BCUT2D eigenvalue weighted by molar-refractivity contribution is 0.0531. The van der Waals surface area contributed by atoms with Gasteiger partial charge in [0.05, 0.1) is 24.1 Å². The molecule has 0 spiro atoms. The molecule has 1 aromatic carbocycles. The van der Waals surface area contributed by atoms with Gasteiger partial charge in [-0.2, -0.15) is 0 Å². The number of benzene rings is 1. The van der Waals surface area contributed by atoms with Gasteiger partial charge in [-0.15, -0.1) is 0 Å². The van der Waals surface area contributed by atoms with Crippen molar-refractivity contribution < 1.29 is 4.74 Å². The van der Waals surface area contributed by atoms with Crippen LogP contribution in [0.2, 0.25) is 0 Å². The predicted octanol–water partition coefficient (Wildman–Crippen LogP) is 2.30. The van der Waals surface area contributed by atoms with E-state index in [1.807, 2.05) is 6.92 Å². The van der Waals surface area contributed by atoms with E-state index in [1.165, 1.54) is 11.3 Å². The molecule has 1 fully saturated rings. The molecule has 1 aliphatic heterocycles. The summed E-state index contributed by atoms with van der Waals surface area (Å²) in [6.07, 6.45) is 3.76. The number of morpholine rings is 1. The minimum absolute atomic E-state index is 0.284. The van der Waals surface area contributed by atoms with Crippen molar-refractivity contribution in [1.29, 1.82) is 0 Å². The molecule has 0 radical (unpaired) electrons. The quantitative estimate of drug-likeness (QED) is 0.918. The first-order valence-corrected chi connectivity index (χ1v) is 8.15. The average molecular weight is 312 g/mol. The number of rotatable bonds is 5. The molecule has 0 saturated carbocycles. The second-order valence-electron chi connectivity index (χ2n) is 5.95. The lowest BCUT2D eigenvalue weighted by Crippen LogP contribution is -2.41. The van der Waals surface area contributed by atoms with E-state index in [2.05, 4.69) is 51.4 Å². The van der Waals surface area contributed by atoms with Gasteiger partial charge in [0.2, 0.25) is 0 Å². The summed E-state index contributed by atoms with van der Waals surface area (Å²) in [5.41, 5.74) is 4.59. The Labute approximate surface area is 137 Å². The summed E-state index contributed by atoms with van der Waals surface area (Å²) in [6.45, 7) is 8.36. The summed E-state index contributed by atoms with van der Waals surface area (Å²) >= 11 is 0. The fourth-order valence-corrected chi connectivity index (χ4v) is 2.93. The second-order valence-corrected chi connectivity index (χ2v) is 5.95. The summed E-state index contributed by atoms with van der Waals surface area (Å²) in [4.78, 5) is 11.1. The minimum atomic E-state index is 0.284. The molecule has 1 unspecified atom stereocenters. The van der Waals surface area contributed by atoms with Crippen molar-refractivity contribution in [2.75, 3.05) is 24.6 Å². The van der Waals surface area contributed by atoms with Crippen LogP contribution in [-0.4, -0.2) is 35.8 Å². The maximum atomic E-state index is 5.65. The first-order chi connectivity index (χ1) is 11.2. The van der Waals surface area contributed by atoms with Crippen LogP contribution >= 0.6 is 0 Å². The Morgan fingerprint density at radius 3 is 2.87 bits per heavy atom. The van der Waals surface area contributed by atoms with Gasteiger partial charge in [0.15, 0.2) is 0 Å². The molecule has 0 amide bonds. The van der Waals surface area contributed by atoms with E-state index < -0.39 is 0 Å². The number of hydrogen-bond donors (Lipinski definition) is 1. The maximum absolute atomic E-state index is 5.65.